The molecule has 0 atom stereocenters. The highest BCUT2D eigenvalue weighted by Crippen LogP contribution is 2.34. The Balaban J connectivity index is 2.88. The number of rotatable bonds is 5. The Morgan fingerprint density at radius 1 is 1.32 bits per heavy atom. The Morgan fingerprint density at radius 2 is 1.95 bits per heavy atom. The van der Waals surface area contributed by atoms with Crippen LogP contribution in [0.2, 0.25) is 10.0 Å². The predicted octanol–water partition coefficient (Wildman–Crippen LogP) is 2.44. The van der Waals surface area contributed by atoms with Gasteiger partial charge in [-0.15, -0.1) is 0 Å². The molecule has 5 nitrogen and oxygen atoms in total. The Morgan fingerprint density at radius 3 is 2.47 bits per heavy atom. The molecule has 0 bridgehead atoms. The van der Waals surface area contributed by atoms with Gasteiger partial charge in [-0.2, -0.15) is 0 Å². The number of nitrogens with one attached hydrogen (secondary N) is 1. The summed E-state index contributed by atoms with van der Waals surface area (Å²) in [5.41, 5.74) is 0. The fourth-order valence-electron chi connectivity index (χ4n) is 1.19. The predicted molar refractivity (Wildman–Crippen MR) is 73.7 cm³/mol. The van der Waals surface area contributed by atoms with Gasteiger partial charge >= 0.3 is 0 Å². The summed E-state index contributed by atoms with van der Waals surface area (Å²) in [5, 5.41) is 2.37. The highest BCUT2D eigenvalue weighted by atomic mass is 35.7. The van der Waals surface area contributed by atoms with Gasteiger partial charge in [-0.1, -0.05) is 23.2 Å². The second-order valence-electron chi connectivity index (χ2n) is 3.42. The number of hydrogen-bond donors (Lipinski definition) is 1. The first-order chi connectivity index (χ1) is 8.75. The fourth-order valence-corrected chi connectivity index (χ4v) is 2.98. The van der Waals surface area contributed by atoms with Crippen LogP contribution in [-0.4, -0.2) is 28.0 Å². The lowest BCUT2D eigenvalue weighted by Crippen LogP contribution is -2.20. The van der Waals surface area contributed by atoms with Gasteiger partial charge in [-0.3, -0.25) is 4.79 Å². The maximum absolute atomic E-state index is 11.2. The van der Waals surface area contributed by atoms with Crippen LogP contribution in [-0.2, 0) is 13.8 Å². The lowest BCUT2D eigenvalue weighted by atomic mass is 10.3. The molecule has 1 aromatic carbocycles. The van der Waals surface area contributed by atoms with Gasteiger partial charge in [0.2, 0.25) is 5.91 Å². The van der Waals surface area contributed by atoms with E-state index in [0.29, 0.717) is 0 Å². The van der Waals surface area contributed by atoms with Crippen molar-refractivity contribution in [1.29, 1.82) is 0 Å². The summed E-state index contributed by atoms with van der Waals surface area (Å²) in [4.78, 5) is 10.7. The first-order valence-electron chi connectivity index (χ1n) is 5.02. The van der Waals surface area contributed by atoms with E-state index < -0.39 is 9.05 Å². The van der Waals surface area contributed by atoms with Crippen LogP contribution in [0.25, 0.3) is 0 Å². The third kappa shape index (κ3) is 4.72. The number of hydrogen-bond acceptors (Lipinski definition) is 4. The minimum absolute atomic E-state index is 0.0422. The summed E-state index contributed by atoms with van der Waals surface area (Å²) in [7, 11) is 2.72. The molecule has 1 aromatic rings. The lowest BCUT2D eigenvalue weighted by Gasteiger charge is -2.09. The van der Waals surface area contributed by atoms with E-state index in [2.05, 4.69) is 5.32 Å². The third-order valence-corrected chi connectivity index (χ3v) is 4.20. The minimum Gasteiger partial charge on any atom is -0.491 e. The van der Waals surface area contributed by atoms with Gasteiger partial charge in [-0.05, 0) is 6.07 Å². The quantitative estimate of drug-likeness (QED) is 0.831. The first kappa shape index (κ1) is 16.4. The van der Waals surface area contributed by atoms with Crippen LogP contribution >= 0.6 is 33.9 Å². The van der Waals surface area contributed by atoms with E-state index in [1.165, 1.54) is 13.1 Å². The van der Waals surface area contributed by atoms with Crippen LogP contribution in [0, 0.1) is 0 Å². The maximum Gasteiger partial charge on any atom is 0.262 e. The van der Waals surface area contributed by atoms with E-state index in [4.69, 9.17) is 38.6 Å². The molecular weight excluding hydrogens is 337 g/mol. The summed E-state index contributed by atoms with van der Waals surface area (Å²) < 4.78 is 27.6. The molecule has 0 aromatic heterocycles. The molecule has 1 rings (SSSR count). The molecule has 106 valence electrons. The third-order valence-electron chi connectivity index (χ3n) is 2.11. The van der Waals surface area contributed by atoms with E-state index in [1.807, 2.05) is 0 Å². The molecule has 0 saturated carbocycles. The molecule has 0 heterocycles. The molecule has 0 unspecified atom stereocenters. The number of carbonyl (C=O) groups is 1. The average molecular weight is 347 g/mol. The zero-order valence-electron chi connectivity index (χ0n) is 9.74. The maximum atomic E-state index is 11.2. The summed E-state index contributed by atoms with van der Waals surface area (Å²) in [5.74, 6) is -0.0122. The van der Waals surface area contributed by atoms with Crippen molar-refractivity contribution in [3.63, 3.8) is 0 Å². The van der Waals surface area contributed by atoms with Gasteiger partial charge in [-0.25, -0.2) is 8.42 Å². The second kappa shape index (κ2) is 6.65. The topological polar surface area (TPSA) is 72.5 Å². The zero-order chi connectivity index (χ0) is 14.6. The van der Waals surface area contributed by atoms with Crippen LogP contribution in [0.5, 0.6) is 5.75 Å². The van der Waals surface area contributed by atoms with Gasteiger partial charge in [0, 0.05) is 23.8 Å². The van der Waals surface area contributed by atoms with Gasteiger partial charge in [0.25, 0.3) is 9.05 Å². The van der Waals surface area contributed by atoms with Crippen LogP contribution in [0.3, 0.4) is 0 Å². The molecule has 0 aliphatic heterocycles. The molecule has 0 spiro atoms. The molecular formula is C10H10Cl3NO4S. The van der Waals surface area contributed by atoms with Crippen molar-refractivity contribution >= 4 is 48.8 Å². The lowest BCUT2D eigenvalue weighted by molar-refractivity contribution is -0.121. The summed E-state index contributed by atoms with van der Waals surface area (Å²) in [6.07, 6.45) is 0.139. The van der Waals surface area contributed by atoms with Crippen molar-refractivity contribution in [2.24, 2.45) is 0 Å². The molecule has 0 aliphatic rings. The molecule has 9 heteroatoms. The Hall–Kier alpha value is -0.690. The van der Waals surface area contributed by atoms with E-state index in [-0.39, 0.29) is 39.6 Å². The number of ether oxygens (including phenoxy) is 1. The molecule has 0 fully saturated rings. The van der Waals surface area contributed by atoms with Gasteiger partial charge < -0.3 is 10.1 Å². The highest BCUT2D eigenvalue weighted by Gasteiger charge is 2.18. The molecule has 1 N–H and O–H groups in total. The normalized spacial score (nSPS) is 11.2. The van der Waals surface area contributed by atoms with Gasteiger partial charge in [0.15, 0.2) is 0 Å². The van der Waals surface area contributed by atoms with E-state index in [9.17, 15) is 13.2 Å². The van der Waals surface area contributed by atoms with Crippen LogP contribution in [0.1, 0.15) is 6.42 Å². The summed E-state index contributed by atoms with van der Waals surface area (Å²) >= 11 is 11.6. The molecule has 19 heavy (non-hydrogen) atoms. The van der Waals surface area contributed by atoms with Crippen LogP contribution in [0.4, 0.5) is 0 Å². The summed E-state index contributed by atoms with van der Waals surface area (Å²) in [6, 6.07) is 2.34. The SMILES string of the molecule is CNC(=O)CCOc1cc(Cl)c(S(=O)(=O)Cl)cc1Cl. The standard InChI is InChI=1S/C10H10Cl3NO4S/c1-14-10(15)2-3-18-8-4-7(12)9(5-6(8)11)19(13,16)17/h4-5H,2-3H2,1H3,(H,14,15). The number of benzene rings is 1. The average Bonchev–Trinajstić information content (AvgIpc) is 2.31. The molecule has 1 amide bonds. The van der Waals surface area contributed by atoms with Gasteiger partial charge in [0.05, 0.1) is 23.1 Å². The van der Waals surface area contributed by atoms with Crippen molar-refractivity contribution in [3.8, 4) is 5.75 Å². The highest BCUT2D eigenvalue weighted by molar-refractivity contribution is 8.13. The second-order valence-corrected chi connectivity index (χ2v) is 6.77. The Kier molecular flexibility index (Phi) is 5.73. The van der Waals surface area contributed by atoms with Crippen molar-refractivity contribution in [2.75, 3.05) is 13.7 Å². The molecule has 0 aliphatic carbocycles. The largest absolute Gasteiger partial charge is 0.491 e. The van der Waals surface area contributed by atoms with Crippen molar-refractivity contribution in [1.82, 2.24) is 5.32 Å². The Bertz CT molecular complexity index is 589. The minimum atomic E-state index is -3.97. The van der Waals surface area contributed by atoms with Gasteiger partial charge in [0.1, 0.15) is 10.6 Å². The van der Waals surface area contributed by atoms with Crippen LogP contribution in [0.15, 0.2) is 17.0 Å². The monoisotopic (exact) mass is 345 g/mol. The van der Waals surface area contributed by atoms with E-state index in [1.54, 1.807) is 0 Å². The van der Waals surface area contributed by atoms with Crippen molar-refractivity contribution in [3.05, 3.63) is 22.2 Å². The number of halogens is 3. The van der Waals surface area contributed by atoms with E-state index in [0.717, 1.165) is 6.07 Å². The van der Waals surface area contributed by atoms with Crippen molar-refractivity contribution in [2.45, 2.75) is 11.3 Å². The zero-order valence-corrected chi connectivity index (χ0v) is 12.8. The summed E-state index contributed by atoms with van der Waals surface area (Å²) in [6.45, 7) is 0.0860. The Labute approximate surface area is 125 Å². The molecule has 0 radical (unpaired) electrons. The first-order valence-corrected chi connectivity index (χ1v) is 8.09. The number of amides is 1. The number of carbonyl (C=O) groups excluding carboxylic acids is 1. The van der Waals surface area contributed by atoms with Crippen LogP contribution < -0.4 is 10.1 Å². The van der Waals surface area contributed by atoms with Crippen molar-refractivity contribution < 1.29 is 17.9 Å². The fraction of sp³-hybridized carbons (Fsp3) is 0.300. The van der Waals surface area contributed by atoms with E-state index >= 15 is 0 Å². The molecule has 0 saturated heterocycles. The smallest absolute Gasteiger partial charge is 0.262 e.